The van der Waals surface area contributed by atoms with Gasteiger partial charge in [0.05, 0.1) is 13.2 Å². The fourth-order valence-corrected chi connectivity index (χ4v) is 2.33. The Kier molecular flexibility index (Phi) is 7.32. The fraction of sp³-hybridized carbons (Fsp3) is 0.588. The van der Waals surface area contributed by atoms with Crippen LogP contribution in [-0.2, 0) is 16.1 Å². The number of hydrogen-bond donors (Lipinski definition) is 2. The van der Waals surface area contributed by atoms with Crippen molar-refractivity contribution >= 4 is 5.91 Å². The predicted molar refractivity (Wildman–Crippen MR) is 89.3 cm³/mol. The molecule has 6 nitrogen and oxygen atoms in total. The van der Waals surface area contributed by atoms with E-state index in [1.165, 1.54) is 0 Å². The number of ether oxygens (including phenoxy) is 2. The zero-order chi connectivity index (χ0) is 16.5. The monoisotopic (exact) mass is 321 g/mol. The van der Waals surface area contributed by atoms with E-state index in [9.17, 15) is 4.79 Å². The molecule has 2 rings (SSSR count). The molecular weight excluding hydrogens is 294 g/mol. The van der Waals surface area contributed by atoms with E-state index in [1.54, 1.807) is 0 Å². The van der Waals surface area contributed by atoms with E-state index in [-0.39, 0.29) is 11.8 Å². The molecule has 0 spiro atoms. The average molecular weight is 321 g/mol. The lowest BCUT2D eigenvalue weighted by Gasteiger charge is -2.26. The summed E-state index contributed by atoms with van der Waals surface area (Å²) < 4.78 is 11.1. The van der Waals surface area contributed by atoms with Gasteiger partial charge >= 0.3 is 0 Å². The van der Waals surface area contributed by atoms with Crippen molar-refractivity contribution < 1.29 is 14.3 Å². The van der Waals surface area contributed by atoms with Gasteiger partial charge < -0.3 is 20.5 Å². The quantitative estimate of drug-likeness (QED) is 0.733. The summed E-state index contributed by atoms with van der Waals surface area (Å²) in [6, 6.07) is 7.82. The molecule has 0 aliphatic carbocycles. The van der Waals surface area contributed by atoms with Gasteiger partial charge in [0.15, 0.2) is 0 Å². The highest BCUT2D eigenvalue weighted by atomic mass is 16.5. The van der Waals surface area contributed by atoms with Crippen molar-refractivity contribution in [2.75, 3.05) is 46.0 Å². The maximum atomic E-state index is 11.7. The minimum absolute atomic E-state index is 0.0221. The van der Waals surface area contributed by atoms with Crippen LogP contribution in [0.15, 0.2) is 24.3 Å². The van der Waals surface area contributed by atoms with Crippen molar-refractivity contribution in [1.29, 1.82) is 0 Å². The summed E-state index contributed by atoms with van der Waals surface area (Å²) in [4.78, 5) is 14.1. The van der Waals surface area contributed by atoms with Gasteiger partial charge in [-0.2, -0.15) is 0 Å². The second-order valence-electron chi connectivity index (χ2n) is 5.80. The van der Waals surface area contributed by atoms with E-state index in [1.807, 2.05) is 31.2 Å². The predicted octanol–water partition coefficient (Wildman–Crippen LogP) is 0.609. The lowest BCUT2D eigenvalue weighted by Crippen LogP contribution is -2.38. The zero-order valence-electron chi connectivity index (χ0n) is 13.8. The van der Waals surface area contributed by atoms with E-state index in [4.69, 9.17) is 15.2 Å². The Morgan fingerprint density at radius 3 is 2.96 bits per heavy atom. The van der Waals surface area contributed by atoms with Crippen LogP contribution in [0.4, 0.5) is 0 Å². The molecular formula is C17H27N3O3. The van der Waals surface area contributed by atoms with Gasteiger partial charge in [-0.05, 0) is 17.7 Å². The van der Waals surface area contributed by atoms with Crippen LogP contribution in [0.2, 0.25) is 0 Å². The van der Waals surface area contributed by atoms with Crippen molar-refractivity contribution in [2.45, 2.75) is 13.5 Å². The first-order chi connectivity index (χ1) is 11.2. The van der Waals surface area contributed by atoms with Gasteiger partial charge in [-0.25, -0.2) is 0 Å². The maximum Gasteiger partial charge on any atom is 0.224 e. The summed E-state index contributed by atoms with van der Waals surface area (Å²) in [5.41, 5.74) is 6.51. The Morgan fingerprint density at radius 1 is 1.43 bits per heavy atom. The third-order valence-corrected chi connectivity index (χ3v) is 3.95. The fourth-order valence-electron chi connectivity index (χ4n) is 2.33. The second kappa shape index (κ2) is 9.50. The lowest BCUT2D eigenvalue weighted by molar-refractivity contribution is -0.124. The average Bonchev–Trinajstić information content (AvgIpc) is 2.60. The minimum Gasteiger partial charge on any atom is -0.492 e. The second-order valence-corrected chi connectivity index (χ2v) is 5.80. The number of nitrogens with two attached hydrogens (primary N) is 1. The molecule has 1 aliphatic heterocycles. The van der Waals surface area contributed by atoms with Crippen molar-refractivity contribution in [3.63, 3.8) is 0 Å². The Balaban J connectivity index is 1.74. The Bertz CT molecular complexity index is 490. The van der Waals surface area contributed by atoms with Crippen LogP contribution >= 0.6 is 0 Å². The highest BCUT2D eigenvalue weighted by molar-refractivity contribution is 5.78. The van der Waals surface area contributed by atoms with Crippen LogP contribution in [0.3, 0.4) is 0 Å². The summed E-state index contributed by atoms with van der Waals surface area (Å²) in [6.45, 7) is 7.76. The smallest absolute Gasteiger partial charge is 0.224 e. The van der Waals surface area contributed by atoms with Gasteiger partial charge in [0.25, 0.3) is 0 Å². The lowest BCUT2D eigenvalue weighted by atomic mass is 10.1. The van der Waals surface area contributed by atoms with Crippen LogP contribution in [0, 0.1) is 5.92 Å². The van der Waals surface area contributed by atoms with Crippen LogP contribution in [0.25, 0.3) is 0 Å². The number of carbonyl (C=O) groups is 1. The van der Waals surface area contributed by atoms with E-state index >= 15 is 0 Å². The Morgan fingerprint density at radius 2 is 2.22 bits per heavy atom. The highest BCUT2D eigenvalue weighted by Gasteiger charge is 2.11. The van der Waals surface area contributed by atoms with Crippen molar-refractivity contribution in [2.24, 2.45) is 11.7 Å². The third-order valence-electron chi connectivity index (χ3n) is 3.95. The van der Waals surface area contributed by atoms with Gasteiger partial charge in [-0.1, -0.05) is 19.1 Å². The molecule has 1 saturated heterocycles. The standard InChI is InChI=1S/C17H27N3O3/c1-14(12-18)17(21)19-13-15-3-2-4-16(11-15)23-10-7-20-5-8-22-9-6-20/h2-4,11,14H,5-10,12-13,18H2,1H3,(H,19,21). The number of nitrogens with zero attached hydrogens (tertiary/aromatic N) is 1. The van der Waals surface area contributed by atoms with E-state index in [0.29, 0.717) is 19.7 Å². The Labute approximate surface area is 137 Å². The first-order valence-corrected chi connectivity index (χ1v) is 8.18. The molecule has 1 atom stereocenters. The highest BCUT2D eigenvalue weighted by Crippen LogP contribution is 2.13. The molecule has 1 fully saturated rings. The molecule has 1 aromatic carbocycles. The summed E-state index contributed by atoms with van der Waals surface area (Å²) >= 11 is 0. The van der Waals surface area contributed by atoms with Gasteiger partial charge in [0.1, 0.15) is 12.4 Å². The van der Waals surface area contributed by atoms with Crippen LogP contribution in [0.1, 0.15) is 12.5 Å². The first kappa shape index (κ1) is 17.7. The molecule has 1 unspecified atom stereocenters. The summed E-state index contributed by atoms with van der Waals surface area (Å²) in [5, 5.41) is 2.89. The molecule has 0 aromatic heterocycles. The molecule has 3 N–H and O–H groups in total. The number of rotatable bonds is 8. The number of carbonyl (C=O) groups excluding carboxylic acids is 1. The molecule has 128 valence electrons. The third kappa shape index (κ3) is 6.17. The van der Waals surface area contributed by atoms with E-state index in [0.717, 1.165) is 44.2 Å². The first-order valence-electron chi connectivity index (χ1n) is 8.18. The molecule has 0 bridgehead atoms. The number of benzene rings is 1. The van der Waals surface area contributed by atoms with E-state index in [2.05, 4.69) is 10.2 Å². The largest absolute Gasteiger partial charge is 0.492 e. The molecule has 0 radical (unpaired) electrons. The van der Waals surface area contributed by atoms with Gasteiger partial charge in [0.2, 0.25) is 5.91 Å². The Hall–Kier alpha value is -1.63. The molecule has 1 heterocycles. The molecule has 23 heavy (non-hydrogen) atoms. The number of hydrogen-bond acceptors (Lipinski definition) is 5. The van der Waals surface area contributed by atoms with Crippen molar-refractivity contribution in [3.8, 4) is 5.75 Å². The molecule has 1 amide bonds. The van der Waals surface area contributed by atoms with E-state index < -0.39 is 0 Å². The summed E-state index contributed by atoms with van der Waals surface area (Å²) in [5.74, 6) is 0.644. The minimum atomic E-state index is -0.164. The topological polar surface area (TPSA) is 76.8 Å². The maximum absolute atomic E-state index is 11.7. The van der Waals surface area contributed by atoms with Crippen molar-refractivity contribution in [1.82, 2.24) is 10.2 Å². The van der Waals surface area contributed by atoms with Gasteiger partial charge in [-0.15, -0.1) is 0 Å². The molecule has 0 saturated carbocycles. The van der Waals surface area contributed by atoms with Crippen LogP contribution in [-0.4, -0.2) is 56.8 Å². The van der Waals surface area contributed by atoms with Crippen molar-refractivity contribution in [3.05, 3.63) is 29.8 Å². The normalized spacial score (nSPS) is 16.8. The zero-order valence-corrected chi connectivity index (χ0v) is 13.8. The molecule has 1 aromatic rings. The summed E-state index contributed by atoms with van der Waals surface area (Å²) in [7, 11) is 0. The summed E-state index contributed by atoms with van der Waals surface area (Å²) in [6.07, 6.45) is 0. The number of nitrogens with one attached hydrogen (secondary N) is 1. The van der Waals surface area contributed by atoms with Crippen LogP contribution < -0.4 is 15.8 Å². The molecule has 6 heteroatoms. The SMILES string of the molecule is CC(CN)C(=O)NCc1cccc(OCCN2CCOCC2)c1. The van der Waals surface area contributed by atoms with Gasteiger partial charge in [0, 0.05) is 38.6 Å². The van der Waals surface area contributed by atoms with Gasteiger partial charge in [-0.3, -0.25) is 9.69 Å². The number of morpholine rings is 1. The van der Waals surface area contributed by atoms with Crippen LogP contribution in [0.5, 0.6) is 5.75 Å². The number of amides is 1. The molecule has 1 aliphatic rings.